The van der Waals surface area contributed by atoms with Crippen LogP contribution in [0, 0.1) is 0 Å². The molecule has 10 rings (SSSR count). The Labute approximate surface area is 371 Å². The van der Waals surface area contributed by atoms with E-state index in [1.807, 2.05) is 0 Å². The second-order valence-corrected chi connectivity index (χ2v) is 16.4. The predicted molar refractivity (Wildman–Crippen MR) is 270 cm³/mol. The molecule has 0 aliphatic heterocycles. The Morgan fingerprint density at radius 1 is 0.460 bits per heavy atom. The van der Waals surface area contributed by atoms with Crippen molar-refractivity contribution in [3.05, 3.63) is 246 Å². The second kappa shape index (κ2) is 17.7. The van der Waals surface area contributed by atoms with Gasteiger partial charge in [-0.1, -0.05) is 195 Å². The van der Waals surface area contributed by atoms with Crippen molar-refractivity contribution in [1.29, 1.82) is 0 Å². The summed E-state index contributed by atoms with van der Waals surface area (Å²) in [5.41, 5.74) is 18.9. The summed E-state index contributed by atoms with van der Waals surface area (Å²) in [6.07, 6.45) is 15.7. The quantitative estimate of drug-likeness (QED) is 0.102. The molecular formula is C61H48N2. The molecule has 0 saturated carbocycles. The Balaban J connectivity index is 1.21. The van der Waals surface area contributed by atoms with Crippen LogP contribution in [0.15, 0.2) is 223 Å². The number of aryl methyl sites for hydroxylation is 1. The molecule has 0 amide bonds. The smallest absolute Gasteiger partial charge is 0.160 e. The van der Waals surface area contributed by atoms with Crippen LogP contribution in [0.4, 0.5) is 0 Å². The summed E-state index contributed by atoms with van der Waals surface area (Å²) in [4.78, 5) is 10.7. The minimum Gasteiger partial charge on any atom is -0.233 e. The summed E-state index contributed by atoms with van der Waals surface area (Å²) in [6.45, 7) is 6.63. The van der Waals surface area contributed by atoms with E-state index in [-0.39, 0.29) is 0 Å². The van der Waals surface area contributed by atoms with E-state index in [2.05, 4.69) is 226 Å². The van der Waals surface area contributed by atoms with Crippen LogP contribution in [-0.2, 0) is 6.42 Å². The molecule has 2 aliphatic rings. The molecule has 63 heavy (non-hydrogen) atoms. The van der Waals surface area contributed by atoms with E-state index in [0.29, 0.717) is 11.5 Å². The van der Waals surface area contributed by atoms with Crippen molar-refractivity contribution in [2.45, 2.75) is 32.6 Å². The Bertz CT molecular complexity index is 3160. The Hall–Kier alpha value is -7.68. The largest absolute Gasteiger partial charge is 0.233 e. The summed E-state index contributed by atoms with van der Waals surface area (Å²) in [5.74, 6) is 0.615. The van der Waals surface area contributed by atoms with E-state index in [9.17, 15) is 0 Å². The van der Waals surface area contributed by atoms with Gasteiger partial charge in [0.05, 0.1) is 5.70 Å². The zero-order valence-electron chi connectivity index (χ0n) is 35.6. The molecule has 2 aliphatic carbocycles. The number of hydrogen-bond donors (Lipinski definition) is 0. The van der Waals surface area contributed by atoms with Gasteiger partial charge in [0.2, 0.25) is 0 Å². The van der Waals surface area contributed by atoms with Gasteiger partial charge in [0, 0.05) is 16.8 Å². The first-order valence-corrected chi connectivity index (χ1v) is 22.0. The molecule has 0 aromatic heterocycles. The molecule has 0 saturated heterocycles. The average molecular weight is 809 g/mol. The van der Waals surface area contributed by atoms with Gasteiger partial charge in [-0.25, -0.2) is 9.98 Å². The fourth-order valence-electron chi connectivity index (χ4n) is 9.07. The van der Waals surface area contributed by atoms with Crippen LogP contribution in [0.1, 0.15) is 59.6 Å². The second-order valence-electron chi connectivity index (χ2n) is 16.4. The minimum atomic E-state index is 0.615. The van der Waals surface area contributed by atoms with Gasteiger partial charge in [0.15, 0.2) is 5.84 Å². The molecule has 0 atom stereocenters. The fraction of sp³-hybridized carbons (Fsp3) is 0.0820. The first-order chi connectivity index (χ1) is 31.1. The van der Waals surface area contributed by atoms with Crippen LogP contribution in [0.3, 0.4) is 0 Å². The van der Waals surface area contributed by atoms with Gasteiger partial charge in [-0.15, -0.1) is 0 Å². The van der Waals surface area contributed by atoms with Crippen molar-refractivity contribution in [3.8, 4) is 44.5 Å². The molecule has 0 spiro atoms. The van der Waals surface area contributed by atoms with Crippen molar-refractivity contribution in [2.75, 3.05) is 0 Å². The van der Waals surface area contributed by atoms with E-state index >= 15 is 0 Å². The number of nitrogens with zero attached hydrogens (tertiary/aromatic N) is 2. The molecule has 8 aromatic carbocycles. The van der Waals surface area contributed by atoms with Crippen LogP contribution < -0.4 is 0 Å². The highest BCUT2D eigenvalue weighted by atomic mass is 14.9. The summed E-state index contributed by atoms with van der Waals surface area (Å²) in [7, 11) is 0. The van der Waals surface area contributed by atoms with Gasteiger partial charge in [-0.3, -0.25) is 0 Å². The molecule has 302 valence electrons. The molecule has 0 N–H and O–H groups in total. The maximum absolute atomic E-state index is 5.38. The molecule has 0 fully saturated rings. The third kappa shape index (κ3) is 8.24. The van der Waals surface area contributed by atoms with E-state index in [1.54, 1.807) is 0 Å². The number of benzene rings is 8. The molecule has 8 aromatic rings. The van der Waals surface area contributed by atoms with E-state index in [1.165, 1.54) is 66.4 Å². The van der Waals surface area contributed by atoms with Gasteiger partial charge in [0.1, 0.15) is 0 Å². The van der Waals surface area contributed by atoms with Crippen LogP contribution in [0.2, 0.25) is 0 Å². The first-order valence-electron chi connectivity index (χ1n) is 22.0. The molecule has 0 radical (unpaired) electrons. The maximum atomic E-state index is 5.38. The van der Waals surface area contributed by atoms with Crippen molar-refractivity contribution < 1.29 is 0 Å². The topological polar surface area (TPSA) is 24.7 Å². The van der Waals surface area contributed by atoms with Crippen molar-refractivity contribution >= 4 is 39.7 Å². The summed E-state index contributed by atoms with van der Waals surface area (Å²) in [5, 5.41) is 2.38. The molecule has 2 nitrogen and oxygen atoms in total. The van der Waals surface area contributed by atoms with E-state index < -0.39 is 0 Å². The Morgan fingerprint density at radius 3 is 1.81 bits per heavy atom. The third-order valence-corrected chi connectivity index (χ3v) is 12.3. The number of rotatable bonds is 9. The van der Waals surface area contributed by atoms with E-state index in [0.717, 1.165) is 59.2 Å². The normalized spacial score (nSPS) is 13.8. The first kappa shape index (κ1) is 39.5. The summed E-state index contributed by atoms with van der Waals surface area (Å²) >= 11 is 0. The summed E-state index contributed by atoms with van der Waals surface area (Å²) in [6, 6.07) is 65.4. The number of aliphatic imine (C=N–C) groups is 2. The van der Waals surface area contributed by atoms with E-state index in [4.69, 9.17) is 9.98 Å². The van der Waals surface area contributed by atoms with Crippen LogP contribution >= 0.6 is 0 Å². The molecular weight excluding hydrogens is 761 g/mol. The molecule has 0 bridgehead atoms. The lowest BCUT2D eigenvalue weighted by atomic mass is 9.78. The number of fused-ring (bicyclic) bond motifs is 2. The minimum absolute atomic E-state index is 0.615. The van der Waals surface area contributed by atoms with Crippen molar-refractivity contribution in [3.63, 3.8) is 0 Å². The van der Waals surface area contributed by atoms with Gasteiger partial charge in [-0.05, 0) is 140 Å². The van der Waals surface area contributed by atoms with Crippen LogP contribution in [0.5, 0.6) is 0 Å². The highest BCUT2D eigenvalue weighted by Gasteiger charge is 2.25. The zero-order chi connectivity index (χ0) is 42.5. The SMILES string of the molecule is C=C(N=C(N=C(C)c1ccc2ccccc2c1)c1cccc(-c2cc(-c3ccccc3)c(-c3ccccc3)c(C3=CCCC=C3)c2-c2ccccc2)c1)c1ccc2c(c1)C=CCC2. The highest BCUT2D eigenvalue weighted by molar-refractivity contribution is 6.14. The lowest BCUT2D eigenvalue weighted by molar-refractivity contribution is 0.985. The number of hydrogen-bond acceptors (Lipinski definition) is 1. The molecule has 0 unspecified atom stereocenters. The summed E-state index contributed by atoms with van der Waals surface area (Å²) < 4.78 is 0. The fourth-order valence-corrected chi connectivity index (χ4v) is 9.07. The lowest BCUT2D eigenvalue weighted by Crippen LogP contribution is -2.05. The molecule has 2 heteroatoms. The zero-order valence-corrected chi connectivity index (χ0v) is 35.6. The van der Waals surface area contributed by atoms with Gasteiger partial charge < -0.3 is 0 Å². The van der Waals surface area contributed by atoms with Crippen molar-refractivity contribution in [1.82, 2.24) is 0 Å². The maximum Gasteiger partial charge on any atom is 0.160 e. The Morgan fingerprint density at radius 2 is 1.10 bits per heavy atom. The Kier molecular flexibility index (Phi) is 11.1. The van der Waals surface area contributed by atoms with Gasteiger partial charge in [0.25, 0.3) is 0 Å². The standard InChI is InChI=1S/C61H48N2/c1-42(50-36-34-44-20-15-17-30-52(44)38-50)62-61(63-43(2)51-37-35-45-21-16-18-31-53(45)39-51)55-33-19-32-54(40-55)57-41-56(46-22-7-3-8-23-46)58(47-24-9-4-10-25-47)60(49-28-13-6-14-29-49)59(57)48-26-11-5-12-27-48/h3-5,7-13,16-19,21-41H,1,6,14-15,20H2,2H3. The predicted octanol–water partition coefficient (Wildman–Crippen LogP) is 16.1. The monoisotopic (exact) mass is 808 g/mol. The van der Waals surface area contributed by atoms with Gasteiger partial charge in [-0.2, -0.15) is 0 Å². The third-order valence-electron chi connectivity index (χ3n) is 12.3. The van der Waals surface area contributed by atoms with Crippen LogP contribution in [0.25, 0.3) is 72.6 Å². The van der Waals surface area contributed by atoms with Crippen molar-refractivity contribution in [2.24, 2.45) is 9.98 Å². The van der Waals surface area contributed by atoms with Crippen LogP contribution in [-0.4, -0.2) is 11.5 Å². The highest BCUT2D eigenvalue weighted by Crippen LogP contribution is 2.49. The number of allylic oxidation sites excluding steroid dienone is 5. The van der Waals surface area contributed by atoms with Gasteiger partial charge >= 0.3 is 0 Å². The lowest BCUT2D eigenvalue weighted by Gasteiger charge is -2.25. The average Bonchev–Trinajstić information content (AvgIpc) is 3.36. The molecule has 0 heterocycles. The number of amidine groups is 1.